The predicted octanol–water partition coefficient (Wildman–Crippen LogP) is 1.83. The molecule has 1 atom stereocenters. The average molecular weight is 185 g/mol. The Morgan fingerprint density at radius 2 is 1.58 bits per heavy atom. The van der Waals surface area contributed by atoms with Crippen molar-refractivity contribution in [3.63, 3.8) is 0 Å². The van der Waals surface area contributed by atoms with Crippen LogP contribution >= 0.6 is 9.24 Å². The van der Waals surface area contributed by atoms with Gasteiger partial charge in [-0.25, -0.2) is 4.39 Å². The number of hydrogen-bond acceptors (Lipinski definition) is 1. The average Bonchev–Trinajstić information content (AvgIpc) is 2.08. The number of hydrogen-bond donors (Lipinski definition) is 1. The van der Waals surface area contributed by atoms with Gasteiger partial charge in [-0.1, -0.05) is 0 Å². The van der Waals surface area contributed by atoms with Crippen LogP contribution in [0.2, 0.25) is 0 Å². The third-order valence-electron chi connectivity index (χ3n) is 2.38. The molecule has 1 nitrogen and oxygen atoms in total. The molecule has 0 aromatic heterocycles. The van der Waals surface area contributed by atoms with Gasteiger partial charge in [0.05, 0.1) is 0 Å². The molecule has 0 spiro atoms. The van der Waals surface area contributed by atoms with Crippen molar-refractivity contribution in [2.45, 2.75) is 20.8 Å². The van der Waals surface area contributed by atoms with Gasteiger partial charge in [0.1, 0.15) is 5.82 Å². The van der Waals surface area contributed by atoms with Gasteiger partial charge >= 0.3 is 0 Å². The summed E-state index contributed by atoms with van der Waals surface area (Å²) in [7, 11) is 2.34. The lowest BCUT2D eigenvalue weighted by Gasteiger charge is -2.12. The van der Waals surface area contributed by atoms with E-state index in [-0.39, 0.29) is 5.82 Å². The molecule has 0 amide bonds. The van der Waals surface area contributed by atoms with E-state index in [9.17, 15) is 4.39 Å². The van der Waals surface area contributed by atoms with E-state index >= 15 is 0 Å². The molecule has 0 fully saturated rings. The summed E-state index contributed by atoms with van der Waals surface area (Å²) in [5.41, 5.74) is 8.83. The third-order valence-corrected chi connectivity index (χ3v) is 2.95. The van der Waals surface area contributed by atoms with Gasteiger partial charge in [0.15, 0.2) is 0 Å². The molecular weight excluding hydrogens is 172 g/mol. The van der Waals surface area contributed by atoms with Crippen LogP contribution in [0.3, 0.4) is 0 Å². The summed E-state index contributed by atoms with van der Waals surface area (Å²) in [4.78, 5) is 0. The third kappa shape index (κ3) is 1.21. The first-order valence-corrected chi connectivity index (χ1v) is 4.34. The number of halogens is 1. The van der Waals surface area contributed by atoms with E-state index in [2.05, 4.69) is 9.24 Å². The summed E-state index contributed by atoms with van der Waals surface area (Å²) < 4.78 is 13.3. The summed E-state index contributed by atoms with van der Waals surface area (Å²) in [6.07, 6.45) is 0. The molecule has 0 aliphatic rings. The molecule has 0 bridgehead atoms. The molecule has 1 aromatic carbocycles. The van der Waals surface area contributed by atoms with Gasteiger partial charge in [-0.2, -0.15) is 0 Å². The first-order chi connectivity index (χ1) is 5.46. The van der Waals surface area contributed by atoms with Crippen molar-refractivity contribution < 1.29 is 4.39 Å². The maximum Gasteiger partial charge on any atom is 0.135 e. The van der Waals surface area contributed by atoms with E-state index in [1.54, 1.807) is 6.92 Å². The first kappa shape index (κ1) is 9.47. The molecular formula is C9H13FNP. The lowest BCUT2D eigenvalue weighted by Crippen LogP contribution is -2.12. The Kier molecular flexibility index (Phi) is 2.39. The highest BCUT2D eigenvalue weighted by Gasteiger charge is 2.11. The number of benzene rings is 1. The normalized spacial score (nSPS) is 10.4. The Bertz CT molecular complexity index is 229. The molecule has 66 valence electrons. The van der Waals surface area contributed by atoms with Crippen LogP contribution in [-0.2, 0) is 0 Å². The zero-order valence-corrected chi connectivity index (χ0v) is 8.69. The van der Waals surface area contributed by atoms with E-state index in [4.69, 9.17) is 5.73 Å². The van der Waals surface area contributed by atoms with Gasteiger partial charge in [-0.3, -0.25) is 0 Å². The van der Waals surface area contributed by atoms with Crippen molar-refractivity contribution in [2.75, 3.05) is 5.73 Å². The van der Waals surface area contributed by atoms with Crippen molar-refractivity contribution in [3.05, 3.63) is 22.5 Å². The van der Waals surface area contributed by atoms with Gasteiger partial charge in [0, 0.05) is 11.0 Å². The smallest absolute Gasteiger partial charge is 0.135 e. The van der Waals surface area contributed by atoms with Crippen molar-refractivity contribution in [3.8, 4) is 0 Å². The van der Waals surface area contributed by atoms with Crippen LogP contribution in [0.4, 0.5) is 10.1 Å². The molecule has 1 aromatic rings. The molecule has 3 heteroatoms. The largest absolute Gasteiger partial charge is 0.398 e. The fourth-order valence-electron chi connectivity index (χ4n) is 1.17. The van der Waals surface area contributed by atoms with Gasteiger partial charge < -0.3 is 5.73 Å². The summed E-state index contributed by atoms with van der Waals surface area (Å²) in [5.74, 6) is -0.208. The monoisotopic (exact) mass is 185 g/mol. The minimum absolute atomic E-state index is 0.208. The van der Waals surface area contributed by atoms with Gasteiger partial charge in [0.25, 0.3) is 0 Å². The summed E-state index contributed by atoms with van der Waals surface area (Å²) in [6.45, 7) is 5.56. The second-order valence-electron chi connectivity index (χ2n) is 3.02. The summed E-state index contributed by atoms with van der Waals surface area (Å²) in [6, 6.07) is 0. The molecule has 12 heavy (non-hydrogen) atoms. The van der Waals surface area contributed by atoms with Gasteiger partial charge in [-0.15, -0.1) is 9.24 Å². The predicted molar refractivity (Wildman–Crippen MR) is 54.4 cm³/mol. The van der Waals surface area contributed by atoms with E-state index in [0.29, 0.717) is 16.6 Å². The van der Waals surface area contributed by atoms with Crippen LogP contribution in [0.1, 0.15) is 16.7 Å². The molecule has 0 saturated carbocycles. The van der Waals surface area contributed by atoms with Crippen LogP contribution in [0.15, 0.2) is 0 Å². The van der Waals surface area contributed by atoms with Crippen molar-refractivity contribution in [1.29, 1.82) is 0 Å². The lowest BCUT2D eigenvalue weighted by atomic mass is 10.0. The highest BCUT2D eigenvalue weighted by Crippen LogP contribution is 2.21. The quantitative estimate of drug-likeness (QED) is 0.484. The fraction of sp³-hybridized carbons (Fsp3) is 0.333. The fourth-order valence-corrected chi connectivity index (χ4v) is 1.60. The Morgan fingerprint density at radius 1 is 1.08 bits per heavy atom. The molecule has 0 saturated heterocycles. The van der Waals surface area contributed by atoms with Crippen LogP contribution in [0, 0.1) is 26.6 Å². The molecule has 0 heterocycles. The van der Waals surface area contributed by atoms with Crippen LogP contribution in [-0.4, -0.2) is 0 Å². The second-order valence-corrected chi connectivity index (χ2v) is 3.59. The zero-order valence-electron chi connectivity index (χ0n) is 7.53. The minimum atomic E-state index is -0.208. The maximum atomic E-state index is 13.3. The molecule has 0 radical (unpaired) electrons. The number of nitrogens with two attached hydrogens (primary N) is 1. The standard InChI is InChI=1S/C9H13FNP/c1-4-5(2)7(10)9(12)8(11)6(4)3/h11-12H2,1-3H3. The molecule has 0 aliphatic heterocycles. The second kappa shape index (κ2) is 3.02. The summed E-state index contributed by atoms with van der Waals surface area (Å²) in [5, 5.41) is 0.482. The van der Waals surface area contributed by atoms with E-state index in [1.807, 2.05) is 13.8 Å². The van der Waals surface area contributed by atoms with Crippen molar-refractivity contribution in [2.24, 2.45) is 0 Å². The highest BCUT2D eigenvalue weighted by molar-refractivity contribution is 7.28. The SMILES string of the molecule is Cc1c(C)c(N)c(P)c(F)c1C. The van der Waals surface area contributed by atoms with Crippen LogP contribution in [0.5, 0.6) is 0 Å². The highest BCUT2D eigenvalue weighted by atomic mass is 31.0. The molecule has 2 N–H and O–H groups in total. The number of anilines is 1. The Morgan fingerprint density at radius 3 is 2.08 bits per heavy atom. The van der Waals surface area contributed by atoms with Crippen molar-refractivity contribution >= 4 is 20.2 Å². The van der Waals surface area contributed by atoms with E-state index in [1.165, 1.54) is 0 Å². The molecule has 1 rings (SSSR count). The first-order valence-electron chi connectivity index (χ1n) is 3.77. The zero-order chi connectivity index (χ0) is 9.46. The number of rotatable bonds is 0. The maximum absolute atomic E-state index is 13.3. The van der Waals surface area contributed by atoms with Crippen LogP contribution < -0.4 is 11.0 Å². The topological polar surface area (TPSA) is 26.0 Å². The molecule has 1 unspecified atom stereocenters. The lowest BCUT2D eigenvalue weighted by molar-refractivity contribution is 0.626. The van der Waals surface area contributed by atoms with Gasteiger partial charge in [0.2, 0.25) is 0 Å². The van der Waals surface area contributed by atoms with E-state index < -0.39 is 0 Å². The molecule has 0 aliphatic carbocycles. The van der Waals surface area contributed by atoms with Crippen LogP contribution in [0.25, 0.3) is 0 Å². The minimum Gasteiger partial charge on any atom is -0.398 e. The van der Waals surface area contributed by atoms with E-state index in [0.717, 1.165) is 11.1 Å². The van der Waals surface area contributed by atoms with Crippen molar-refractivity contribution in [1.82, 2.24) is 0 Å². The summed E-state index contributed by atoms with van der Waals surface area (Å²) >= 11 is 0. The Balaban J connectivity index is 3.60. The van der Waals surface area contributed by atoms with Gasteiger partial charge in [-0.05, 0) is 37.5 Å². The number of nitrogen functional groups attached to an aromatic ring is 1. The Labute approximate surface area is 74.4 Å². The Hall–Kier alpha value is -0.620.